The Hall–Kier alpha value is -3.05. The van der Waals surface area contributed by atoms with E-state index in [9.17, 15) is 9.59 Å². The summed E-state index contributed by atoms with van der Waals surface area (Å²) in [6, 6.07) is 23.2. The first-order chi connectivity index (χ1) is 14.1. The summed E-state index contributed by atoms with van der Waals surface area (Å²) in [4.78, 5) is 25.8. The molecular formula is C24H24N2O2S. The number of rotatable bonds is 7. The lowest BCUT2D eigenvalue weighted by molar-refractivity contribution is 0.0927. The van der Waals surface area contributed by atoms with Crippen LogP contribution >= 0.6 is 11.8 Å². The van der Waals surface area contributed by atoms with Crippen molar-refractivity contribution in [3.63, 3.8) is 0 Å². The van der Waals surface area contributed by atoms with Gasteiger partial charge in [-0.3, -0.25) is 9.59 Å². The molecule has 0 unspecified atom stereocenters. The molecule has 2 amide bonds. The monoisotopic (exact) mass is 404 g/mol. The Bertz CT molecular complexity index is 983. The van der Waals surface area contributed by atoms with Crippen molar-refractivity contribution in [2.24, 2.45) is 0 Å². The number of carbonyl (C=O) groups excluding carboxylic acids is 2. The number of nitrogens with one attached hydrogen (secondary N) is 2. The minimum Gasteiger partial charge on any atom is -0.350 e. The Morgan fingerprint density at radius 3 is 2.00 bits per heavy atom. The Morgan fingerprint density at radius 1 is 0.759 bits per heavy atom. The summed E-state index contributed by atoms with van der Waals surface area (Å²) in [7, 11) is 0. The molecule has 0 aromatic heterocycles. The quantitative estimate of drug-likeness (QED) is 0.449. The van der Waals surface area contributed by atoms with Gasteiger partial charge in [-0.1, -0.05) is 42.0 Å². The maximum atomic E-state index is 12.5. The molecule has 3 aromatic carbocycles. The fourth-order valence-electron chi connectivity index (χ4n) is 2.88. The Balaban J connectivity index is 1.52. The third kappa shape index (κ3) is 5.72. The summed E-state index contributed by atoms with van der Waals surface area (Å²) in [5, 5.41) is 5.67. The molecule has 0 fully saturated rings. The molecule has 3 rings (SSSR count). The average molecular weight is 405 g/mol. The normalized spacial score (nSPS) is 10.4. The first-order valence-electron chi connectivity index (χ1n) is 9.44. The van der Waals surface area contributed by atoms with Crippen LogP contribution in [0.5, 0.6) is 0 Å². The van der Waals surface area contributed by atoms with E-state index >= 15 is 0 Å². The highest BCUT2D eigenvalue weighted by atomic mass is 32.2. The van der Waals surface area contributed by atoms with Crippen molar-refractivity contribution in [1.82, 2.24) is 10.6 Å². The molecule has 0 heterocycles. The second-order valence-electron chi connectivity index (χ2n) is 6.69. The molecule has 0 spiro atoms. The number of thioether (sulfide) groups is 1. The van der Waals surface area contributed by atoms with E-state index in [2.05, 4.69) is 34.9 Å². The smallest absolute Gasteiger partial charge is 0.251 e. The highest BCUT2D eigenvalue weighted by Crippen LogP contribution is 2.23. The van der Waals surface area contributed by atoms with Crippen LogP contribution in [0.3, 0.4) is 0 Å². The molecule has 0 aliphatic rings. The molecule has 3 aromatic rings. The van der Waals surface area contributed by atoms with Gasteiger partial charge in [0.15, 0.2) is 0 Å². The van der Waals surface area contributed by atoms with Gasteiger partial charge in [0.2, 0.25) is 0 Å². The van der Waals surface area contributed by atoms with Gasteiger partial charge in [0, 0.05) is 29.1 Å². The summed E-state index contributed by atoms with van der Waals surface area (Å²) >= 11 is 1.70. The van der Waals surface area contributed by atoms with Gasteiger partial charge in [-0.2, -0.15) is 0 Å². The van der Waals surface area contributed by atoms with Crippen molar-refractivity contribution < 1.29 is 9.59 Å². The van der Waals surface area contributed by atoms with E-state index in [1.54, 1.807) is 30.0 Å². The van der Waals surface area contributed by atoms with Crippen LogP contribution in [0, 0.1) is 6.92 Å². The zero-order valence-corrected chi connectivity index (χ0v) is 17.4. The van der Waals surface area contributed by atoms with Crippen LogP contribution in [-0.2, 0) is 0 Å². The highest BCUT2D eigenvalue weighted by Gasteiger charge is 2.08. The van der Waals surface area contributed by atoms with Gasteiger partial charge in [-0.05, 0) is 60.7 Å². The fourth-order valence-corrected chi connectivity index (χ4v) is 3.29. The Morgan fingerprint density at radius 2 is 1.38 bits per heavy atom. The lowest BCUT2D eigenvalue weighted by Gasteiger charge is -2.09. The molecule has 0 atom stereocenters. The molecular weight excluding hydrogens is 380 g/mol. The predicted octanol–water partition coefficient (Wildman–Crippen LogP) is 4.54. The summed E-state index contributed by atoms with van der Waals surface area (Å²) in [6.45, 7) is 2.71. The third-order valence-corrected chi connectivity index (χ3v) is 5.30. The van der Waals surface area contributed by atoms with Crippen LogP contribution in [-0.4, -0.2) is 31.2 Å². The van der Waals surface area contributed by atoms with E-state index in [0.717, 1.165) is 16.7 Å². The summed E-state index contributed by atoms with van der Waals surface area (Å²) in [5.74, 6) is -0.299. The predicted molar refractivity (Wildman–Crippen MR) is 120 cm³/mol. The van der Waals surface area contributed by atoms with Gasteiger partial charge in [-0.25, -0.2) is 0 Å². The van der Waals surface area contributed by atoms with Gasteiger partial charge in [0.05, 0.1) is 0 Å². The van der Waals surface area contributed by atoms with Crippen LogP contribution in [0.25, 0.3) is 11.1 Å². The zero-order valence-electron chi connectivity index (χ0n) is 16.6. The first kappa shape index (κ1) is 20.7. The van der Waals surface area contributed by atoms with E-state index in [4.69, 9.17) is 0 Å². The second kappa shape index (κ2) is 9.94. The van der Waals surface area contributed by atoms with Crippen LogP contribution in [0.15, 0.2) is 77.7 Å². The van der Waals surface area contributed by atoms with Crippen LogP contribution in [0.4, 0.5) is 0 Å². The number of carbonyl (C=O) groups is 2. The number of benzene rings is 3. The summed E-state index contributed by atoms with van der Waals surface area (Å²) in [6.07, 6.45) is 2.04. The first-order valence-corrected chi connectivity index (χ1v) is 10.7. The highest BCUT2D eigenvalue weighted by molar-refractivity contribution is 7.98. The molecule has 0 bridgehead atoms. The molecule has 0 aliphatic carbocycles. The van der Waals surface area contributed by atoms with Gasteiger partial charge >= 0.3 is 0 Å². The van der Waals surface area contributed by atoms with Crippen molar-refractivity contribution >= 4 is 23.6 Å². The molecule has 0 saturated carbocycles. The minimum atomic E-state index is -0.155. The summed E-state index contributed by atoms with van der Waals surface area (Å²) < 4.78 is 0. The van der Waals surface area contributed by atoms with E-state index in [-0.39, 0.29) is 11.8 Å². The second-order valence-corrected chi connectivity index (χ2v) is 7.57. The number of amides is 2. The van der Waals surface area contributed by atoms with Gasteiger partial charge in [-0.15, -0.1) is 11.8 Å². The molecule has 2 N–H and O–H groups in total. The molecule has 4 nitrogen and oxygen atoms in total. The zero-order chi connectivity index (χ0) is 20.6. The number of hydrogen-bond acceptors (Lipinski definition) is 3. The van der Waals surface area contributed by atoms with Gasteiger partial charge in [0.1, 0.15) is 0 Å². The molecule has 148 valence electrons. The average Bonchev–Trinajstić information content (AvgIpc) is 2.77. The number of hydrogen-bond donors (Lipinski definition) is 2. The van der Waals surface area contributed by atoms with E-state index in [1.807, 2.05) is 43.5 Å². The van der Waals surface area contributed by atoms with Gasteiger partial charge in [0.25, 0.3) is 11.8 Å². The molecule has 29 heavy (non-hydrogen) atoms. The fraction of sp³-hybridized carbons (Fsp3) is 0.167. The van der Waals surface area contributed by atoms with Gasteiger partial charge < -0.3 is 10.6 Å². The van der Waals surface area contributed by atoms with Crippen molar-refractivity contribution in [1.29, 1.82) is 0 Å². The van der Waals surface area contributed by atoms with E-state index in [1.165, 1.54) is 4.90 Å². The van der Waals surface area contributed by atoms with Crippen molar-refractivity contribution in [3.05, 3.63) is 89.5 Å². The van der Waals surface area contributed by atoms with Crippen molar-refractivity contribution in [3.8, 4) is 11.1 Å². The van der Waals surface area contributed by atoms with E-state index in [0.29, 0.717) is 24.2 Å². The maximum Gasteiger partial charge on any atom is 0.251 e. The number of aryl methyl sites for hydroxylation is 1. The topological polar surface area (TPSA) is 58.2 Å². The Labute approximate surface area is 175 Å². The van der Waals surface area contributed by atoms with Crippen LogP contribution in [0.2, 0.25) is 0 Å². The lowest BCUT2D eigenvalue weighted by Crippen LogP contribution is -2.34. The standard InChI is InChI=1S/C24H24N2O2S/c1-17-6-8-19(9-7-17)23(27)25-14-15-26-24(28)21-5-3-4-20(16-21)18-10-12-22(29-2)13-11-18/h3-13,16H,14-15H2,1-2H3,(H,25,27)(H,26,28). The molecule has 0 saturated heterocycles. The van der Waals surface area contributed by atoms with E-state index < -0.39 is 0 Å². The minimum absolute atomic E-state index is 0.144. The third-order valence-electron chi connectivity index (χ3n) is 4.56. The van der Waals surface area contributed by atoms with Crippen LogP contribution < -0.4 is 10.6 Å². The largest absolute Gasteiger partial charge is 0.350 e. The maximum absolute atomic E-state index is 12.5. The Kier molecular flexibility index (Phi) is 7.09. The molecule has 5 heteroatoms. The molecule has 0 radical (unpaired) electrons. The van der Waals surface area contributed by atoms with Crippen LogP contribution in [0.1, 0.15) is 26.3 Å². The van der Waals surface area contributed by atoms with Crippen molar-refractivity contribution in [2.45, 2.75) is 11.8 Å². The molecule has 0 aliphatic heterocycles. The van der Waals surface area contributed by atoms with Crippen molar-refractivity contribution in [2.75, 3.05) is 19.3 Å². The lowest BCUT2D eigenvalue weighted by atomic mass is 10.0. The SMILES string of the molecule is CSc1ccc(-c2cccc(C(=O)NCCNC(=O)c3ccc(C)cc3)c2)cc1. The summed E-state index contributed by atoms with van der Waals surface area (Å²) in [5.41, 5.74) is 4.39.